The van der Waals surface area contributed by atoms with Gasteiger partial charge in [0.1, 0.15) is 0 Å². The van der Waals surface area contributed by atoms with Crippen molar-refractivity contribution in [3.63, 3.8) is 0 Å². The van der Waals surface area contributed by atoms with E-state index in [0.717, 1.165) is 11.4 Å². The second-order valence-electron chi connectivity index (χ2n) is 15.3. The molecule has 0 saturated heterocycles. The summed E-state index contributed by atoms with van der Waals surface area (Å²) in [5, 5.41) is 10.1. The van der Waals surface area contributed by atoms with Gasteiger partial charge in [-0.3, -0.25) is 0 Å². The van der Waals surface area contributed by atoms with E-state index in [9.17, 15) is 0 Å². The molecule has 12 aromatic rings. The Kier molecular flexibility index (Phi) is 7.26. The predicted molar refractivity (Wildman–Crippen MR) is 246 cm³/mol. The number of benzene rings is 10. The number of rotatable bonds is 5. The number of para-hydroxylation sites is 1. The molecule has 2 nitrogen and oxygen atoms in total. The Hall–Kier alpha value is -7.68. The van der Waals surface area contributed by atoms with Crippen molar-refractivity contribution in [2.45, 2.75) is 0 Å². The molecule has 58 heavy (non-hydrogen) atoms. The Morgan fingerprint density at radius 3 is 1.47 bits per heavy atom. The molecule has 2 heteroatoms. The topological polar surface area (TPSA) is 9.86 Å². The summed E-state index contributed by atoms with van der Waals surface area (Å²) in [6, 6.07) is 79.9. The highest BCUT2D eigenvalue weighted by Crippen LogP contribution is 2.43. The van der Waals surface area contributed by atoms with E-state index in [2.05, 4.69) is 228 Å². The normalized spacial score (nSPS) is 11.8. The molecule has 270 valence electrons. The smallest absolute Gasteiger partial charge is 0.0562 e. The molecule has 0 aliphatic carbocycles. The van der Waals surface area contributed by atoms with E-state index in [0.29, 0.717) is 0 Å². The highest BCUT2D eigenvalue weighted by Gasteiger charge is 2.20. The van der Waals surface area contributed by atoms with E-state index >= 15 is 0 Å². The van der Waals surface area contributed by atoms with Crippen molar-refractivity contribution >= 4 is 65.2 Å². The third kappa shape index (κ3) is 4.99. The lowest BCUT2D eigenvalue weighted by atomic mass is 9.94. The van der Waals surface area contributed by atoms with E-state index in [1.54, 1.807) is 0 Å². The first-order valence-electron chi connectivity index (χ1n) is 20.0. The molecule has 0 aliphatic heterocycles. The van der Waals surface area contributed by atoms with Gasteiger partial charge >= 0.3 is 0 Å². The van der Waals surface area contributed by atoms with Gasteiger partial charge in [0.25, 0.3) is 0 Å². The van der Waals surface area contributed by atoms with Crippen molar-refractivity contribution in [1.82, 2.24) is 9.13 Å². The summed E-state index contributed by atoms with van der Waals surface area (Å²) in [5.74, 6) is 0. The van der Waals surface area contributed by atoms with Crippen molar-refractivity contribution in [3.05, 3.63) is 218 Å². The maximum absolute atomic E-state index is 2.47. The molecule has 0 aliphatic rings. The third-order valence-corrected chi connectivity index (χ3v) is 12.1. The van der Waals surface area contributed by atoms with Crippen LogP contribution in [0.2, 0.25) is 0 Å². The number of hydrogen-bond acceptors (Lipinski definition) is 0. The lowest BCUT2D eigenvalue weighted by Gasteiger charge is -2.13. The van der Waals surface area contributed by atoms with E-state index in [4.69, 9.17) is 0 Å². The van der Waals surface area contributed by atoms with Gasteiger partial charge in [0.15, 0.2) is 0 Å². The van der Waals surface area contributed by atoms with Crippen LogP contribution in [0.15, 0.2) is 218 Å². The standard InChI is InChI=1S/C56H36N2/c1-2-13-37(14-3-1)44-19-8-9-20-46(44)40-27-32-43(33-28-40)58-53-34-29-39-16-5-7-21-48(39)56(53)51-35-50-49-22-10-11-24-52(49)57(54(50)36-55(51)58)42-30-25-41(26-31-42)47-23-12-17-38-15-4-6-18-45(38)47/h1-36H. The van der Waals surface area contributed by atoms with E-state index < -0.39 is 0 Å². The fourth-order valence-corrected chi connectivity index (χ4v) is 9.47. The zero-order chi connectivity index (χ0) is 38.2. The van der Waals surface area contributed by atoms with Crippen LogP contribution >= 0.6 is 0 Å². The lowest BCUT2D eigenvalue weighted by Crippen LogP contribution is -1.96. The van der Waals surface area contributed by atoms with Crippen molar-refractivity contribution in [2.75, 3.05) is 0 Å². The van der Waals surface area contributed by atoms with Gasteiger partial charge in [-0.15, -0.1) is 0 Å². The van der Waals surface area contributed by atoms with Crippen LogP contribution < -0.4 is 0 Å². The summed E-state index contributed by atoms with van der Waals surface area (Å²) in [7, 11) is 0. The quantitative estimate of drug-likeness (QED) is 0.167. The lowest BCUT2D eigenvalue weighted by molar-refractivity contribution is 1.17. The molecule has 0 radical (unpaired) electrons. The van der Waals surface area contributed by atoms with Crippen molar-refractivity contribution in [1.29, 1.82) is 0 Å². The Morgan fingerprint density at radius 1 is 0.241 bits per heavy atom. The zero-order valence-corrected chi connectivity index (χ0v) is 31.7. The molecule has 0 bridgehead atoms. The summed E-state index contributed by atoms with van der Waals surface area (Å²) >= 11 is 0. The largest absolute Gasteiger partial charge is 0.309 e. The molecule has 0 spiro atoms. The van der Waals surface area contributed by atoms with Crippen LogP contribution in [0.4, 0.5) is 0 Å². The first kappa shape index (κ1) is 32.6. The SMILES string of the molecule is c1ccc(-c2ccccc2-c2ccc(-n3c4cc5c(cc4c4c6ccccc6ccc43)c3ccccc3n5-c3ccc(-c4cccc5ccccc45)cc3)cc2)cc1. The minimum absolute atomic E-state index is 1.14. The highest BCUT2D eigenvalue weighted by molar-refractivity contribution is 6.25. The molecule has 0 unspecified atom stereocenters. The van der Waals surface area contributed by atoms with Crippen molar-refractivity contribution < 1.29 is 0 Å². The van der Waals surface area contributed by atoms with Crippen molar-refractivity contribution in [3.8, 4) is 44.8 Å². The van der Waals surface area contributed by atoms with E-state index in [1.165, 1.54) is 98.5 Å². The molecule has 0 saturated carbocycles. The summed E-state index contributed by atoms with van der Waals surface area (Å²) in [5.41, 5.74) is 14.4. The van der Waals surface area contributed by atoms with Gasteiger partial charge < -0.3 is 9.13 Å². The fourth-order valence-electron chi connectivity index (χ4n) is 9.47. The highest BCUT2D eigenvalue weighted by atomic mass is 15.0. The number of aromatic nitrogens is 2. The van der Waals surface area contributed by atoms with Gasteiger partial charge in [-0.2, -0.15) is 0 Å². The van der Waals surface area contributed by atoms with Gasteiger partial charge in [-0.25, -0.2) is 0 Å². The minimum atomic E-state index is 1.14. The Labute approximate surface area is 336 Å². The Morgan fingerprint density at radius 2 is 0.741 bits per heavy atom. The molecule has 10 aromatic carbocycles. The Balaban J connectivity index is 1.08. The number of hydrogen-bond donors (Lipinski definition) is 0. The summed E-state index contributed by atoms with van der Waals surface area (Å²) in [4.78, 5) is 0. The maximum Gasteiger partial charge on any atom is 0.0562 e. The Bertz CT molecular complexity index is 3530. The first-order valence-corrected chi connectivity index (χ1v) is 20.0. The molecule has 2 heterocycles. The minimum Gasteiger partial charge on any atom is -0.309 e. The molecule has 0 N–H and O–H groups in total. The molecule has 2 aromatic heterocycles. The average Bonchev–Trinajstić information content (AvgIpc) is 3.80. The molecule has 12 rings (SSSR count). The van der Waals surface area contributed by atoms with Crippen LogP contribution in [0, 0.1) is 0 Å². The molecule has 0 atom stereocenters. The molecule has 0 amide bonds. The summed E-state index contributed by atoms with van der Waals surface area (Å²) in [6.45, 7) is 0. The predicted octanol–water partition coefficient (Wildman–Crippen LogP) is 15.2. The monoisotopic (exact) mass is 736 g/mol. The van der Waals surface area contributed by atoms with Gasteiger partial charge in [0, 0.05) is 32.9 Å². The molecular weight excluding hydrogens is 701 g/mol. The average molecular weight is 737 g/mol. The van der Waals surface area contributed by atoms with Crippen LogP contribution in [0.3, 0.4) is 0 Å². The van der Waals surface area contributed by atoms with Gasteiger partial charge in [-0.1, -0.05) is 170 Å². The second kappa shape index (κ2) is 12.9. The van der Waals surface area contributed by atoms with Gasteiger partial charge in [0.2, 0.25) is 0 Å². The third-order valence-electron chi connectivity index (χ3n) is 12.1. The zero-order valence-electron chi connectivity index (χ0n) is 31.7. The van der Waals surface area contributed by atoms with E-state index in [-0.39, 0.29) is 0 Å². The van der Waals surface area contributed by atoms with Gasteiger partial charge in [0.05, 0.1) is 22.1 Å². The number of nitrogens with zero attached hydrogens (tertiary/aromatic N) is 2. The molecular formula is C56H36N2. The van der Waals surface area contributed by atoms with Gasteiger partial charge in [-0.05, 0) is 103 Å². The van der Waals surface area contributed by atoms with E-state index in [1.807, 2.05) is 0 Å². The van der Waals surface area contributed by atoms with Crippen LogP contribution in [0.5, 0.6) is 0 Å². The maximum atomic E-state index is 2.47. The second-order valence-corrected chi connectivity index (χ2v) is 15.3. The molecule has 0 fully saturated rings. The summed E-state index contributed by atoms with van der Waals surface area (Å²) in [6.07, 6.45) is 0. The fraction of sp³-hybridized carbons (Fsp3) is 0. The number of fused-ring (bicyclic) bond motifs is 9. The van der Waals surface area contributed by atoms with Crippen LogP contribution in [0.1, 0.15) is 0 Å². The first-order chi connectivity index (χ1) is 28.8. The summed E-state index contributed by atoms with van der Waals surface area (Å²) < 4.78 is 4.91. The van der Waals surface area contributed by atoms with Crippen LogP contribution in [0.25, 0.3) is 110 Å². The van der Waals surface area contributed by atoms with Crippen LogP contribution in [-0.2, 0) is 0 Å². The van der Waals surface area contributed by atoms with Crippen molar-refractivity contribution in [2.24, 2.45) is 0 Å². The van der Waals surface area contributed by atoms with Crippen LogP contribution in [-0.4, -0.2) is 9.13 Å².